The summed E-state index contributed by atoms with van der Waals surface area (Å²) in [7, 11) is 2.84. The highest BCUT2D eigenvalue weighted by atomic mass is 19.1. The van der Waals surface area contributed by atoms with Gasteiger partial charge in [-0.3, -0.25) is 4.79 Å². The first-order valence-electron chi connectivity index (χ1n) is 7.08. The van der Waals surface area contributed by atoms with E-state index in [2.05, 4.69) is 5.32 Å². The van der Waals surface area contributed by atoms with Crippen molar-refractivity contribution < 1.29 is 32.6 Å². The van der Waals surface area contributed by atoms with Crippen LogP contribution < -0.4 is 14.8 Å². The van der Waals surface area contributed by atoms with Gasteiger partial charge < -0.3 is 19.5 Å². The standard InChI is InChI=1S/C17H15F2NO5/c1-23-13-3-4-14(15(8-13)24-2)17(22)25-9-16(21)20-12-6-10(18)5-11(19)7-12/h3-8H,9H2,1-2H3,(H,20,21). The van der Waals surface area contributed by atoms with Crippen LogP contribution in [0.2, 0.25) is 0 Å². The second-order valence-electron chi connectivity index (χ2n) is 4.85. The lowest BCUT2D eigenvalue weighted by Gasteiger charge is -2.10. The highest BCUT2D eigenvalue weighted by Crippen LogP contribution is 2.25. The number of anilines is 1. The lowest BCUT2D eigenvalue weighted by atomic mass is 10.2. The summed E-state index contributed by atoms with van der Waals surface area (Å²) in [5.41, 5.74) is 0.0217. The minimum absolute atomic E-state index is 0.0828. The zero-order valence-electron chi connectivity index (χ0n) is 13.5. The van der Waals surface area contributed by atoms with Gasteiger partial charge >= 0.3 is 5.97 Å². The third kappa shape index (κ3) is 4.90. The number of amides is 1. The van der Waals surface area contributed by atoms with Gasteiger partial charge in [-0.05, 0) is 24.3 Å². The Balaban J connectivity index is 1.98. The van der Waals surface area contributed by atoms with Gasteiger partial charge in [-0.25, -0.2) is 13.6 Å². The number of carbonyl (C=O) groups is 2. The van der Waals surface area contributed by atoms with Gasteiger partial charge in [-0.1, -0.05) is 0 Å². The molecule has 0 bridgehead atoms. The second kappa shape index (κ2) is 8.09. The first-order valence-corrected chi connectivity index (χ1v) is 7.08. The van der Waals surface area contributed by atoms with Crippen molar-refractivity contribution in [1.82, 2.24) is 0 Å². The fraction of sp³-hybridized carbons (Fsp3) is 0.176. The lowest BCUT2D eigenvalue weighted by Crippen LogP contribution is -2.21. The van der Waals surface area contributed by atoms with E-state index in [1.54, 1.807) is 0 Å². The molecule has 6 nitrogen and oxygen atoms in total. The zero-order valence-corrected chi connectivity index (χ0v) is 13.5. The molecule has 0 unspecified atom stereocenters. The van der Waals surface area contributed by atoms with Crippen molar-refractivity contribution in [3.63, 3.8) is 0 Å². The fourth-order valence-corrected chi connectivity index (χ4v) is 2.00. The average molecular weight is 351 g/mol. The second-order valence-corrected chi connectivity index (χ2v) is 4.85. The van der Waals surface area contributed by atoms with Gasteiger partial charge in [0.1, 0.15) is 28.7 Å². The summed E-state index contributed by atoms with van der Waals surface area (Å²) in [5.74, 6) is -2.51. The van der Waals surface area contributed by atoms with Gasteiger partial charge in [-0.2, -0.15) is 0 Å². The van der Waals surface area contributed by atoms with Crippen molar-refractivity contribution in [3.8, 4) is 11.5 Å². The Morgan fingerprint density at radius 2 is 1.68 bits per heavy atom. The molecule has 25 heavy (non-hydrogen) atoms. The Labute approximate surface area is 142 Å². The van der Waals surface area contributed by atoms with E-state index in [4.69, 9.17) is 14.2 Å². The van der Waals surface area contributed by atoms with E-state index >= 15 is 0 Å². The molecule has 0 saturated carbocycles. The molecule has 0 radical (unpaired) electrons. The number of benzene rings is 2. The maximum atomic E-state index is 13.1. The zero-order chi connectivity index (χ0) is 18.4. The Bertz CT molecular complexity index is 774. The van der Waals surface area contributed by atoms with Crippen LogP contribution in [0, 0.1) is 11.6 Å². The molecule has 0 aromatic heterocycles. The Morgan fingerprint density at radius 1 is 1.00 bits per heavy atom. The summed E-state index contributed by atoms with van der Waals surface area (Å²) in [6, 6.07) is 7.01. The maximum absolute atomic E-state index is 13.1. The number of carbonyl (C=O) groups excluding carboxylic acids is 2. The molecule has 0 saturated heterocycles. The predicted octanol–water partition coefficient (Wildman–Crippen LogP) is 2.78. The molecular weight excluding hydrogens is 336 g/mol. The number of hydrogen-bond acceptors (Lipinski definition) is 5. The van der Waals surface area contributed by atoms with E-state index in [0.29, 0.717) is 11.8 Å². The quantitative estimate of drug-likeness (QED) is 0.810. The fourth-order valence-electron chi connectivity index (χ4n) is 2.00. The van der Waals surface area contributed by atoms with E-state index in [0.717, 1.165) is 12.1 Å². The Morgan fingerprint density at radius 3 is 2.28 bits per heavy atom. The molecule has 2 rings (SSSR count). The molecule has 8 heteroatoms. The molecular formula is C17H15F2NO5. The summed E-state index contributed by atoms with van der Waals surface area (Å²) in [4.78, 5) is 23.8. The van der Waals surface area contributed by atoms with Crippen molar-refractivity contribution in [3.05, 3.63) is 53.6 Å². The third-order valence-electron chi connectivity index (χ3n) is 3.11. The number of rotatable bonds is 6. The summed E-state index contributed by atoms with van der Waals surface area (Å²) in [6.07, 6.45) is 0. The number of esters is 1. The van der Waals surface area contributed by atoms with Gasteiger partial charge in [-0.15, -0.1) is 0 Å². The van der Waals surface area contributed by atoms with Gasteiger partial charge in [0.05, 0.1) is 14.2 Å². The first-order chi connectivity index (χ1) is 11.9. The molecule has 2 aromatic rings. The molecule has 2 aromatic carbocycles. The smallest absolute Gasteiger partial charge is 0.342 e. The van der Waals surface area contributed by atoms with E-state index in [-0.39, 0.29) is 17.0 Å². The summed E-state index contributed by atoms with van der Waals surface area (Å²) in [6.45, 7) is -0.633. The van der Waals surface area contributed by atoms with Crippen LogP contribution in [0.15, 0.2) is 36.4 Å². The van der Waals surface area contributed by atoms with Crippen molar-refractivity contribution >= 4 is 17.6 Å². The number of nitrogens with one attached hydrogen (secondary N) is 1. The molecule has 1 N–H and O–H groups in total. The van der Waals surface area contributed by atoms with Gasteiger partial charge in [0.2, 0.25) is 0 Å². The Hall–Kier alpha value is -3.16. The molecule has 0 heterocycles. The number of hydrogen-bond donors (Lipinski definition) is 1. The van der Waals surface area contributed by atoms with Crippen molar-refractivity contribution in [2.75, 3.05) is 26.1 Å². The van der Waals surface area contributed by atoms with Crippen LogP contribution in [0.3, 0.4) is 0 Å². The molecule has 0 spiro atoms. The largest absolute Gasteiger partial charge is 0.497 e. The molecule has 0 aliphatic rings. The van der Waals surface area contributed by atoms with Crippen LogP contribution in [0.25, 0.3) is 0 Å². The van der Waals surface area contributed by atoms with Crippen molar-refractivity contribution in [2.24, 2.45) is 0 Å². The van der Waals surface area contributed by atoms with Crippen LogP contribution in [0.5, 0.6) is 11.5 Å². The topological polar surface area (TPSA) is 73.9 Å². The molecule has 0 fully saturated rings. The molecule has 0 aliphatic carbocycles. The lowest BCUT2D eigenvalue weighted by molar-refractivity contribution is -0.119. The first kappa shape index (κ1) is 18.2. The van der Waals surface area contributed by atoms with Gasteiger partial charge in [0, 0.05) is 17.8 Å². The third-order valence-corrected chi connectivity index (χ3v) is 3.11. The van der Waals surface area contributed by atoms with Crippen molar-refractivity contribution in [2.45, 2.75) is 0 Å². The number of methoxy groups -OCH3 is 2. The predicted molar refractivity (Wildman–Crippen MR) is 84.8 cm³/mol. The van der Waals surface area contributed by atoms with Crippen LogP contribution in [-0.4, -0.2) is 32.7 Å². The molecule has 132 valence electrons. The van der Waals surface area contributed by atoms with Gasteiger partial charge in [0.25, 0.3) is 5.91 Å². The Kier molecular flexibility index (Phi) is 5.89. The average Bonchev–Trinajstić information content (AvgIpc) is 2.58. The van der Waals surface area contributed by atoms with E-state index in [1.807, 2.05) is 0 Å². The summed E-state index contributed by atoms with van der Waals surface area (Å²) < 4.78 is 41.1. The monoisotopic (exact) mass is 351 g/mol. The molecule has 0 atom stereocenters. The number of ether oxygens (including phenoxy) is 3. The number of halogens is 2. The van der Waals surface area contributed by atoms with Crippen LogP contribution in [0.4, 0.5) is 14.5 Å². The molecule has 1 amide bonds. The SMILES string of the molecule is COc1ccc(C(=O)OCC(=O)Nc2cc(F)cc(F)c2)c(OC)c1. The van der Waals surface area contributed by atoms with E-state index < -0.39 is 30.1 Å². The van der Waals surface area contributed by atoms with Crippen LogP contribution in [-0.2, 0) is 9.53 Å². The van der Waals surface area contributed by atoms with Gasteiger partial charge in [0.15, 0.2) is 6.61 Å². The summed E-state index contributed by atoms with van der Waals surface area (Å²) >= 11 is 0. The minimum atomic E-state index is -0.838. The minimum Gasteiger partial charge on any atom is -0.497 e. The maximum Gasteiger partial charge on any atom is 0.342 e. The van der Waals surface area contributed by atoms with Crippen LogP contribution >= 0.6 is 0 Å². The summed E-state index contributed by atoms with van der Waals surface area (Å²) in [5, 5.41) is 2.23. The highest BCUT2D eigenvalue weighted by molar-refractivity contribution is 5.96. The van der Waals surface area contributed by atoms with E-state index in [1.165, 1.54) is 32.4 Å². The van der Waals surface area contributed by atoms with Crippen molar-refractivity contribution in [1.29, 1.82) is 0 Å². The van der Waals surface area contributed by atoms with Crippen LogP contribution in [0.1, 0.15) is 10.4 Å². The van der Waals surface area contributed by atoms with E-state index in [9.17, 15) is 18.4 Å². The molecule has 0 aliphatic heterocycles. The highest BCUT2D eigenvalue weighted by Gasteiger charge is 2.16. The normalized spacial score (nSPS) is 10.1.